The first-order valence-corrected chi connectivity index (χ1v) is 12.3. The number of nitrogens with zero attached hydrogens (tertiary/aromatic N) is 1. The number of hydrogen-bond donors (Lipinski definition) is 0. The molecule has 0 bridgehead atoms. The second-order valence-corrected chi connectivity index (χ2v) is 10.1. The van der Waals surface area contributed by atoms with Crippen LogP contribution in [0.3, 0.4) is 0 Å². The average molecular weight is 440 g/mol. The molecular weight excluding hydrogens is 422 g/mol. The van der Waals surface area contributed by atoms with Crippen LogP contribution in [0.5, 0.6) is 0 Å². The fourth-order valence-electron chi connectivity index (χ4n) is 3.79. The van der Waals surface area contributed by atoms with E-state index in [1.54, 1.807) is 0 Å². The van der Waals surface area contributed by atoms with Gasteiger partial charge in [-0.1, -0.05) is 48.5 Å². The number of para-hydroxylation sites is 2. The molecule has 3 aromatic carbocycles. The van der Waals surface area contributed by atoms with Gasteiger partial charge in [-0.15, -0.1) is 34.0 Å². The summed E-state index contributed by atoms with van der Waals surface area (Å²) >= 11 is 5.65. The van der Waals surface area contributed by atoms with Crippen molar-refractivity contribution >= 4 is 69.9 Å². The SMILES string of the molecule is c1ccc(N(c2ccccc2)c2ccc(-c3cc4sc5ccsc5c4s3)cc2)cc1. The predicted octanol–water partition coefficient (Wildman–Crippen LogP) is 9.31. The summed E-state index contributed by atoms with van der Waals surface area (Å²) in [6, 6.07) is 34.6. The maximum absolute atomic E-state index is 2.35. The van der Waals surface area contributed by atoms with Crippen LogP contribution in [0, 0.1) is 0 Å². The number of anilines is 3. The first-order chi connectivity index (χ1) is 14.9. The Bertz CT molecular complexity index is 1380. The van der Waals surface area contributed by atoms with Gasteiger partial charge in [-0.25, -0.2) is 0 Å². The molecule has 0 amide bonds. The summed E-state index contributed by atoms with van der Waals surface area (Å²) in [7, 11) is 0. The van der Waals surface area contributed by atoms with Crippen molar-refractivity contribution < 1.29 is 0 Å². The lowest BCUT2D eigenvalue weighted by atomic mass is 10.1. The van der Waals surface area contributed by atoms with E-state index in [1.165, 1.54) is 29.2 Å². The smallest absolute Gasteiger partial charge is 0.0635 e. The van der Waals surface area contributed by atoms with Crippen molar-refractivity contribution in [1.29, 1.82) is 0 Å². The second-order valence-electron chi connectivity index (χ2n) is 7.07. The van der Waals surface area contributed by atoms with Crippen molar-refractivity contribution in [3.63, 3.8) is 0 Å². The molecule has 3 aromatic heterocycles. The third kappa shape index (κ3) is 3.05. The van der Waals surface area contributed by atoms with Crippen molar-refractivity contribution in [3.05, 3.63) is 102 Å². The van der Waals surface area contributed by atoms with Crippen molar-refractivity contribution in [1.82, 2.24) is 0 Å². The molecule has 0 N–H and O–H groups in total. The van der Waals surface area contributed by atoms with Crippen LogP contribution in [-0.4, -0.2) is 0 Å². The van der Waals surface area contributed by atoms with Crippen LogP contribution in [0.4, 0.5) is 17.1 Å². The Morgan fingerprint density at radius 3 is 1.83 bits per heavy atom. The summed E-state index contributed by atoms with van der Waals surface area (Å²) in [5.74, 6) is 0. The summed E-state index contributed by atoms with van der Waals surface area (Å²) in [6.07, 6.45) is 0. The Morgan fingerprint density at radius 2 is 1.17 bits per heavy atom. The Labute approximate surface area is 187 Å². The highest BCUT2D eigenvalue weighted by Gasteiger charge is 2.14. The van der Waals surface area contributed by atoms with Gasteiger partial charge in [-0.05, 0) is 59.5 Å². The standard InChI is InChI=1S/C26H17NS3/c1-3-7-19(8-4-1)27(20-9-5-2-6-10-20)21-13-11-18(12-14-21)23-17-24-26(30-23)25-22(29-24)15-16-28-25/h1-17H. The van der Waals surface area contributed by atoms with E-state index < -0.39 is 0 Å². The highest BCUT2D eigenvalue weighted by atomic mass is 32.1. The van der Waals surface area contributed by atoms with Gasteiger partial charge in [0.25, 0.3) is 0 Å². The molecule has 0 saturated carbocycles. The van der Waals surface area contributed by atoms with E-state index in [0.717, 1.165) is 17.1 Å². The first kappa shape index (κ1) is 17.9. The zero-order valence-electron chi connectivity index (χ0n) is 16.0. The monoisotopic (exact) mass is 439 g/mol. The largest absolute Gasteiger partial charge is 0.311 e. The van der Waals surface area contributed by atoms with Crippen LogP contribution in [0.1, 0.15) is 0 Å². The normalized spacial score (nSPS) is 11.3. The third-order valence-corrected chi connectivity index (χ3v) is 8.82. The van der Waals surface area contributed by atoms with Gasteiger partial charge in [-0.2, -0.15) is 0 Å². The predicted molar refractivity (Wildman–Crippen MR) is 135 cm³/mol. The molecule has 0 aliphatic heterocycles. The maximum atomic E-state index is 2.35. The topological polar surface area (TPSA) is 3.24 Å². The minimum atomic E-state index is 1.16. The number of benzene rings is 3. The summed E-state index contributed by atoms with van der Waals surface area (Å²) < 4.78 is 5.67. The molecule has 0 atom stereocenters. The van der Waals surface area contributed by atoms with Crippen LogP contribution in [0.2, 0.25) is 0 Å². The second kappa shape index (κ2) is 7.40. The average Bonchev–Trinajstić information content (AvgIpc) is 3.49. The molecule has 0 aliphatic carbocycles. The van der Waals surface area contributed by atoms with E-state index in [4.69, 9.17) is 0 Å². The highest BCUT2D eigenvalue weighted by Crippen LogP contribution is 2.45. The van der Waals surface area contributed by atoms with Crippen molar-refractivity contribution in [2.24, 2.45) is 0 Å². The molecule has 0 radical (unpaired) electrons. The van der Waals surface area contributed by atoms with Crippen LogP contribution in [0.15, 0.2) is 102 Å². The van der Waals surface area contributed by atoms with E-state index >= 15 is 0 Å². The number of fused-ring (bicyclic) bond motifs is 3. The lowest BCUT2D eigenvalue weighted by Gasteiger charge is -2.25. The number of hydrogen-bond acceptors (Lipinski definition) is 4. The molecule has 0 unspecified atom stereocenters. The molecule has 0 aliphatic rings. The van der Waals surface area contributed by atoms with Crippen molar-refractivity contribution in [2.45, 2.75) is 0 Å². The molecule has 0 spiro atoms. The Hall–Kier alpha value is -2.92. The minimum Gasteiger partial charge on any atom is -0.311 e. The first-order valence-electron chi connectivity index (χ1n) is 9.77. The summed E-state index contributed by atoms with van der Waals surface area (Å²) in [4.78, 5) is 3.63. The molecule has 1 nitrogen and oxygen atoms in total. The van der Waals surface area contributed by atoms with E-state index in [0.29, 0.717) is 0 Å². The third-order valence-electron chi connectivity index (χ3n) is 5.19. The van der Waals surface area contributed by atoms with E-state index in [1.807, 2.05) is 34.0 Å². The molecule has 144 valence electrons. The zero-order chi connectivity index (χ0) is 19.9. The lowest BCUT2D eigenvalue weighted by Crippen LogP contribution is -2.09. The Morgan fingerprint density at radius 1 is 0.533 bits per heavy atom. The van der Waals surface area contributed by atoms with Gasteiger partial charge in [0.05, 0.1) is 9.40 Å². The van der Waals surface area contributed by atoms with Crippen LogP contribution < -0.4 is 4.90 Å². The van der Waals surface area contributed by atoms with Gasteiger partial charge in [0, 0.05) is 31.3 Å². The fourth-order valence-corrected chi connectivity index (χ4v) is 7.56. The minimum absolute atomic E-state index is 1.16. The molecule has 4 heteroatoms. The van der Waals surface area contributed by atoms with E-state index in [2.05, 4.69) is 107 Å². The van der Waals surface area contributed by atoms with Gasteiger partial charge in [0.2, 0.25) is 0 Å². The van der Waals surface area contributed by atoms with Crippen molar-refractivity contribution in [2.75, 3.05) is 4.90 Å². The molecule has 0 saturated heterocycles. The molecule has 6 aromatic rings. The Balaban J connectivity index is 1.40. The molecular formula is C26H17NS3. The Kier molecular flexibility index (Phi) is 4.42. The van der Waals surface area contributed by atoms with E-state index in [-0.39, 0.29) is 0 Å². The van der Waals surface area contributed by atoms with Gasteiger partial charge in [-0.3, -0.25) is 0 Å². The lowest BCUT2D eigenvalue weighted by molar-refractivity contribution is 1.28. The van der Waals surface area contributed by atoms with Crippen molar-refractivity contribution in [3.8, 4) is 10.4 Å². The summed E-state index contributed by atoms with van der Waals surface area (Å²) in [5.41, 5.74) is 4.76. The van der Waals surface area contributed by atoms with Crippen LogP contribution in [-0.2, 0) is 0 Å². The van der Waals surface area contributed by atoms with Crippen LogP contribution >= 0.6 is 34.0 Å². The summed E-state index contributed by atoms with van der Waals surface area (Å²) in [6.45, 7) is 0. The molecule has 6 rings (SSSR count). The fraction of sp³-hybridized carbons (Fsp3) is 0. The summed E-state index contributed by atoms with van der Waals surface area (Å²) in [5, 5.41) is 2.19. The zero-order valence-corrected chi connectivity index (χ0v) is 18.4. The highest BCUT2D eigenvalue weighted by molar-refractivity contribution is 7.38. The quantitative estimate of drug-likeness (QED) is 0.264. The van der Waals surface area contributed by atoms with Crippen LogP contribution in [0.25, 0.3) is 29.2 Å². The molecule has 3 heterocycles. The maximum Gasteiger partial charge on any atom is 0.0635 e. The number of thiophene rings is 3. The van der Waals surface area contributed by atoms with Gasteiger partial charge >= 0.3 is 0 Å². The van der Waals surface area contributed by atoms with Gasteiger partial charge < -0.3 is 4.90 Å². The van der Waals surface area contributed by atoms with Gasteiger partial charge in [0.1, 0.15) is 0 Å². The molecule has 0 fully saturated rings. The number of rotatable bonds is 4. The van der Waals surface area contributed by atoms with Gasteiger partial charge in [0.15, 0.2) is 0 Å². The van der Waals surface area contributed by atoms with E-state index in [9.17, 15) is 0 Å². The molecule has 30 heavy (non-hydrogen) atoms.